The van der Waals surface area contributed by atoms with E-state index in [9.17, 15) is 30.4 Å². The fraction of sp³-hybridized carbons (Fsp3) is 0.0435. The number of anilines is 1. The van der Waals surface area contributed by atoms with Crippen LogP contribution in [0, 0.1) is 20.2 Å². The van der Waals surface area contributed by atoms with Gasteiger partial charge in [0.2, 0.25) is 5.75 Å². The Hall–Kier alpha value is -5.26. The predicted molar refractivity (Wildman–Crippen MR) is 127 cm³/mol. The Labute approximate surface area is 197 Å². The van der Waals surface area contributed by atoms with E-state index < -0.39 is 32.7 Å². The SMILES string of the molecule is O=[N+]([O-])c1cc(N=Nc2c(O)c(OCNc3ccccc3)cc3ccccc23)c(O)c([N+](=O)[O-])c1. The van der Waals surface area contributed by atoms with Gasteiger partial charge in [-0.3, -0.25) is 20.2 Å². The summed E-state index contributed by atoms with van der Waals surface area (Å²) in [6, 6.07) is 19.2. The second-order valence-electron chi connectivity index (χ2n) is 7.17. The number of azo groups is 1. The van der Waals surface area contributed by atoms with E-state index in [0.717, 1.165) is 11.8 Å². The molecule has 0 bridgehead atoms. The fourth-order valence-electron chi connectivity index (χ4n) is 3.27. The largest absolute Gasteiger partial charge is 0.503 e. The highest BCUT2D eigenvalue weighted by Gasteiger charge is 2.24. The van der Waals surface area contributed by atoms with Crippen molar-refractivity contribution in [3.63, 3.8) is 0 Å². The Balaban J connectivity index is 1.73. The minimum absolute atomic E-state index is 0.0182. The van der Waals surface area contributed by atoms with Gasteiger partial charge in [0.25, 0.3) is 5.69 Å². The number of nitro groups is 2. The molecule has 0 saturated carbocycles. The second kappa shape index (κ2) is 9.70. The van der Waals surface area contributed by atoms with Crippen LogP contribution in [0.1, 0.15) is 0 Å². The number of benzene rings is 4. The lowest BCUT2D eigenvalue weighted by Gasteiger charge is -2.13. The van der Waals surface area contributed by atoms with Crippen molar-refractivity contribution in [1.29, 1.82) is 0 Å². The Morgan fingerprint density at radius 2 is 1.57 bits per heavy atom. The summed E-state index contributed by atoms with van der Waals surface area (Å²) in [6.07, 6.45) is 0. The normalized spacial score (nSPS) is 11.0. The molecule has 3 N–H and O–H groups in total. The zero-order valence-electron chi connectivity index (χ0n) is 17.9. The topological polar surface area (TPSA) is 173 Å². The maximum absolute atomic E-state index is 11.2. The Morgan fingerprint density at radius 1 is 0.857 bits per heavy atom. The van der Waals surface area contributed by atoms with Gasteiger partial charge in [-0.1, -0.05) is 42.5 Å². The van der Waals surface area contributed by atoms with E-state index in [0.29, 0.717) is 16.8 Å². The molecule has 0 heterocycles. The molecule has 0 aliphatic heterocycles. The standard InChI is InChI=1S/C23H17N5O7/c29-22-18(11-16(27(31)32)12-19(22)28(33)34)25-26-21-17-9-5-4-6-14(17)10-20(23(21)30)35-13-24-15-7-2-1-3-8-15/h1-12,24,29-30H,13H2. The summed E-state index contributed by atoms with van der Waals surface area (Å²) in [4.78, 5) is 20.5. The lowest BCUT2D eigenvalue weighted by molar-refractivity contribution is -0.394. The van der Waals surface area contributed by atoms with Crippen LogP contribution in [0.25, 0.3) is 10.8 Å². The number of nitrogens with one attached hydrogen (secondary N) is 1. The molecule has 12 nitrogen and oxygen atoms in total. The first-order valence-corrected chi connectivity index (χ1v) is 10.1. The van der Waals surface area contributed by atoms with Crippen molar-refractivity contribution in [3.8, 4) is 17.2 Å². The van der Waals surface area contributed by atoms with Gasteiger partial charge in [-0.25, -0.2) is 0 Å². The Kier molecular flexibility index (Phi) is 6.35. The summed E-state index contributed by atoms with van der Waals surface area (Å²) in [6.45, 7) is 0.0182. The number of hydrogen-bond acceptors (Lipinski definition) is 10. The smallest absolute Gasteiger partial charge is 0.319 e. The summed E-state index contributed by atoms with van der Waals surface area (Å²) in [5.74, 6) is -1.19. The van der Waals surface area contributed by atoms with E-state index in [4.69, 9.17) is 4.74 Å². The second-order valence-corrected chi connectivity index (χ2v) is 7.17. The summed E-state index contributed by atoms with van der Waals surface area (Å²) < 4.78 is 5.68. The monoisotopic (exact) mass is 475 g/mol. The van der Waals surface area contributed by atoms with E-state index >= 15 is 0 Å². The highest BCUT2D eigenvalue weighted by Crippen LogP contribution is 2.45. The molecule has 0 aliphatic carbocycles. The number of para-hydroxylation sites is 1. The van der Waals surface area contributed by atoms with Crippen molar-refractivity contribution in [2.24, 2.45) is 10.2 Å². The molecule has 4 aromatic rings. The van der Waals surface area contributed by atoms with Crippen LogP contribution in [-0.2, 0) is 0 Å². The van der Waals surface area contributed by atoms with Gasteiger partial charge >= 0.3 is 5.69 Å². The van der Waals surface area contributed by atoms with Crippen LogP contribution >= 0.6 is 0 Å². The maximum atomic E-state index is 11.2. The Morgan fingerprint density at radius 3 is 2.29 bits per heavy atom. The molecule has 0 saturated heterocycles. The van der Waals surface area contributed by atoms with Crippen LogP contribution in [0.4, 0.5) is 28.4 Å². The van der Waals surface area contributed by atoms with Gasteiger partial charge in [-0.05, 0) is 23.6 Å². The van der Waals surface area contributed by atoms with E-state index in [1.165, 1.54) is 0 Å². The summed E-state index contributed by atoms with van der Waals surface area (Å²) in [7, 11) is 0. The zero-order valence-corrected chi connectivity index (χ0v) is 17.9. The third-order valence-corrected chi connectivity index (χ3v) is 4.96. The molecule has 0 fully saturated rings. The number of fused-ring (bicyclic) bond motifs is 1. The van der Waals surface area contributed by atoms with Crippen LogP contribution in [0.3, 0.4) is 0 Å². The minimum Gasteiger partial charge on any atom is -0.503 e. The first-order valence-electron chi connectivity index (χ1n) is 10.1. The maximum Gasteiger partial charge on any atom is 0.319 e. The number of non-ortho nitro benzene ring substituents is 1. The molecule has 4 rings (SSSR count). The van der Waals surface area contributed by atoms with Crippen LogP contribution in [0.2, 0.25) is 0 Å². The highest BCUT2D eigenvalue weighted by atomic mass is 16.6. The average molecular weight is 475 g/mol. The first-order chi connectivity index (χ1) is 16.8. The molecule has 0 unspecified atom stereocenters. The molecular weight excluding hydrogens is 458 g/mol. The van der Waals surface area contributed by atoms with Gasteiger partial charge in [0.15, 0.2) is 18.2 Å². The molecule has 0 aromatic heterocycles. The van der Waals surface area contributed by atoms with Crippen molar-refractivity contribution in [2.45, 2.75) is 0 Å². The number of aromatic hydroxyl groups is 2. The van der Waals surface area contributed by atoms with Crippen molar-refractivity contribution in [1.82, 2.24) is 0 Å². The number of nitrogens with zero attached hydrogens (tertiary/aromatic N) is 4. The van der Waals surface area contributed by atoms with E-state index in [1.54, 1.807) is 30.3 Å². The van der Waals surface area contributed by atoms with Gasteiger partial charge in [-0.15, -0.1) is 10.2 Å². The predicted octanol–water partition coefficient (Wildman–Crippen LogP) is 5.93. The van der Waals surface area contributed by atoms with Crippen LogP contribution in [0.15, 0.2) is 83.0 Å². The molecule has 0 radical (unpaired) electrons. The van der Waals surface area contributed by atoms with Gasteiger partial charge < -0.3 is 20.3 Å². The molecule has 35 heavy (non-hydrogen) atoms. The van der Waals surface area contributed by atoms with E-state index in [1.807, 2.05) is 30.3 Å². The fourth-order valence-corrected chi connectivity index (χ4v) is 3.27. The quantitative estimate of drug-likeness (QED) is 0.122. The lowest BCUT2D eigenvalue weighted by atomic mass is 10.1. The van der Waals surface area contributed by atoms with E-state index in [2.05, 4.69) is 15.5 Å². The van der Waals surface area contributed by atoms with Crippen LogP contribution < -0.4 is 10.1 Å². The van der Waals surface area contributed by atoms with Gasteiger partial charge in [0, 0.05) is 17.1 Å². The number of hydrogen-bond donors (Lipinski definition) is 3. The van der Waals surface area contributed by atoms with Crippen molar-refractivity contribution in [2.75, 3.05) is 12.0 Å². The summed E-state index contributed by atoms with van der Waals surface area (Å²) >= 11 is 0. The number of rotatable bonds is 8. The average Bonchev–Trinajstić information content (AvgIpc) is 2.85. The van der Waals surface area contributed by atoms with Crippen molar-refractivity contribution >= 4 is 39.2 Å². The van der Waals surface area contributed by atoms with Gasteiger partial charge in [-0.2, -0.15) is 0 Å². The highest BCUT2D eigenvalue weighted by molar-refractivity contribution is 5.97. The van der Waals surface area contributed by atoms with E-state index in [-0.39, 0.29) is 23.9 Å². The van der Waals surface area contributed by atoms with Crippen molar-refractivity contribution in [3.05, 3.63) is 93.0 Å². The number of nitro benzene ring substituents is 2. The number of ether oxygens (including phenoxy) is 1. The minimum atomic E-state index is -0.970. The summed E-state index contributed by atoms with van der Waals surface area (Å²) in [5, 5.41) is 55.3. The van der Waals surface area contributed by atoms with Crippen molar-refractivity contribution < 1.29 is 24.8 Å². The molecule has 0 spiro atoms. The third-order valence-electron chi connectivity index (χ3n) is 4.96. The van der Waals surface area contributed by atoms with Crippen LogP contribution in [0.5, 0.6) is 17.2 Å². The zero-order chi connectivity index (χ0) is 24.9. The summed E-state index contributed by atoms with van der Waals surface area (Å²) in [5.41, 5.74) is -1.30. The third kappa shape index (κ3) is 4.90. The Bertz CT molecular complexity index is 1460. The van der Waals surface area contributed by atoms with Gasteiger partial charge in [0.05, 0.1) is 15.9 Å². The van der Waals surface area contributed by atoms with Crippen LogP contribution in [-0.4, -0.2) is 26.8 Å². The number of phenols is 2. The molecule has 0 atom stereocenters. The molecular formula is C23H17N5O7. The molecule has 12 heteroatoms. The van der Waals surface area contributed by atoms with Gasteiger partial charge in [0.1, 0.15) is 11.4 Å². The first kappa shape index (κ1) is 22.9. The molecule has 0 amide bonds. The molecule has 4 aromatic carbocycles. The molecule has 176 valence electrons. The molecule has 0 aliphatic rings. The lowest BCUT2D eigenvalue weighted by Crippen LogP contribution is -2.08. The number of phenolic OH excluding ortho intramolecular Hbond substituents is 2.